The number of hydrogen-bond acceptors (Lipinski definition) is 5. The fourth-order valence-electron chi connectivity index (χ4n) is 3.95. The van der Waals surface area contributed by atoms with E-state index >= 15 is 4.39 Å². The van der Waals surface area contributed by atoms with E-state index in [1.807, 2.05) is 13.0 Å². The highest BCUT2D eigenvalue weighted by Gasteiger charge is 2.22. The molecule has 206 valence electrons. The molecule has 0 saturated carbocycles. The lowest BCUT2D eigenvalue weighted by Crippen LogP contribution is -2.27. The van der Waals surface area contributed by atoms with Crippen LogP contribution in [0, 0.1) is 5.82 Å². The zero-order chi connectivity index (χ0) is 28.5. The van der Waals surface area contributed by atoms with Gasteiger partial charge in [0.1, 0.15) is 23.0 Å². The Morgan fingerprint density at radius 1 is 1.23 bits per heavy atom. The van der Waals surface area contributed by atoms with Crippen molar-refractivity contribution in [1.29, 1.82) is 0 Å². The number of carbonyl (C=O) groups excluding carboxylic acids is 2. The molecular weight excluding hydrogens is 523 g/mol. The van der Waals surface area contributed by atoms with Crippen LogP contribution in [0.4, 0.5) is 10.2 Å². The van der Waals surface area contributed by atoms with E-state index in [1.165, 1.54) is 14.0 Å². The third-order valence-electron chi connectivity index (χ3n) is 5.87. The zero-order valence-electron chi connectivity index (χ0n) is 22.3. The number of aliphatic hydroxyl groups is 1. The fraction of sp³-hybridized carbons (Fsp3) is 0.276. The maximum atomic E-state index is 15.8. The molecule has 0 radical (unpaired) electrons. The maximum Gasteiger partial charge on any atom is 0.258 e. The predicted molar refractivity (Wildman–Crippen MR) is 151 cm³/mol. The van der Waals surface area contributed by atoms with Crippen molar-refractivity contribution >= 4 is 40.9 Å². The van der Waals surface area contributed by atoms with Gasteiger partial charge in [0.25, 0.3) is 5.91 Å². The van der Waals surface area contributed by atoms with Gasteiger partial charge in [0.2, 0.25) is 5.91 Å². The van der Waals surface area contributed by atoms with E-state index in [1.54, 1.807) is 66.4 Å². The number of anilines is 1. The molecule has 0 aliphatic rings. The Morgan fingerprint density at radius 3 is 2.59 bits per heavy atom. The smallest absolute Gasteiger partial charge is 0.258 e. The minimum absolute atomic E-state index is 0.0934. The Kier molecular flexibility index (Phi) is 10.4. The average Bonchev–Trinajstić information content (AvgIpc) is 3.24. The van der Waals surface area contributed by atoms with Crippen LogP contribution in [0.5, 0.6) is 5.75 Å². The zero-order valence-corrected chi connectivity index (χ0v) is 23.1. The van der Waals surface area contributed by atoms with Crippen molar-refractivity contribution < 1.29 is 23.8 Å². The number of imidazole rings is 1. The van der Waals surface area contributed by atoms with Crippen LogP contribution < -0.4 is 15.4 Å². The Bertz CT molecular complexity index is 1380. The third-order valence-corrected chi connectivity index (χ3v) is 6.12. The van der Waals surface area contributed by atoms with Gasteiger partial charge in [0, 0.05) is 37.3 Å². The molecule has 3 rings (SSSR count). The summed E-state index contributed by atoms with van der Waals surface area (Å²) in [6, 6.07) is 9.88. The number of aryl methyl sites for hydroxylation is 1. The lowest BCUT2D eigenvalue weighted by Gasteiger charge is -2.15. The number of aliphatic hydroxyl groups excluding tert-OH is 1. The van der Waals surface area contributed by atoms with Crippen LogP contribution in [0.3, 0.4) is 0 Å². The topological polar surface area (TPSA) is 105 Å². The molecule has 0 spiro atoms. The van der Waals surface area contributed by atoms with E-state index in [0.717, 1.165) is 0 Å². The van der Waals surface area contributed by atoms with Crippen LogP contribution in [0.15, 0.2) is 54.7 Å². The second-order valence-electron chi connectivity index (χ2n) is 8.79. The van der Waals surface area contributed by atoms with Crippen LogP contribution in [0.1, 0.15) is 60.1 Å². The monoisotopic (exact) mass is 554 g/mol. The molecule has 2 amide bonds. The van der Waals surface area contributed by atoms with E-state index in [0.29, 0.717) is 34.2 Å². The molecule has 0 bridgehead atoms. The largest absolute Gasteiger partial charge is 0.496 e. The van der Waals surface area contributed by atoms with Crippen molar-refractivity contribution in [2.45, 2.75) is 32.8 Å². The second kappa shape index (κ2) is 13.7. The summed E-state index contributed by atoms with van der Waals surface area (Å²) in [6.45, 7) is 3.43. The van der Waals surface area contributed by atoms with Crippen molar-refractivity contribution in [3.63, 3.8) is 0 Å². The molecule has 0 aliphatic heterocycles. The Hall–Kier alpha value is -3.95. The van der Waals surface area contributed by atoms with Crippen molar-refractivity contribution in [2.75, 3.05) is 19.0 Å². The lowest BCUT2D eigenvalue weighted by molar-refractivity contribution is -0.114. The SMILES string of the molecule is CC/C=C(/C=C\c1nc(NC(C)=O)cn1C)c1ccc(OC)c(C(=O)NCCC(O)c2ccc(Cl)cc2)c1F. The van der Waals surface area contributed by atoms with E-state index in [9.17, 15) is 14.7 Å². The van der Waals surface area contributed by atoms with Crippen LogP contribution in [0.2, 0.25) is 5.02 Å². The number of ether oxygens (including phenoxy) is 1. The van der Waals surface area contributed by atoms with E-state index in [-0.39, 0.29) is 35.7 Å². The summed E-state index contributed by atoms with van der Waals surface area (Å²) in [5, 5.41) is 16.3. The van der Waals surface area contributed by atoms with Crippen molar-refractivity contribution in [2.24, 2.45) is 7.05 Å². The van der Waals surface area contributed by atoms with Gasteiger partial charge in [0.15, 0.2) is 5.82 Å². The summed E-state index contributed by atoms with van der Waals surface area (Å²) >= 11 is 5.89. The maximum absolute atomic E-state index is 15.8. The van der Waals surface area contributed by atoms with E-state index in [4.69, 9.17) is 16.3 Å². The van der Waals surface area contributed by atoms with Gasteiger partial charge in [-0.2, -0.15) is 0 Å². The van der Waals surface area contributed by atoms with Crippen molar-refractivity contribution in [3.05, 3.63) is 88.1 Å². The summed E-state index contributed by atoms with van der Waals surface area (Å²) in [5.41, 5.74) is 1.21. The molecule has 1 heterocycles. The second-order valence-corrected chi connectivity index (χ2v) is 9.23. The number of halogens is 2. The van der Waals surface area contributed by atoms with Gasteiger partial charge >= 0.3 is 0 Å². The van der Waals surface area contributed by atoms with E-state index < -0.39 is 17.8 Å². The average molecular weight is 555 g/mol. The number of nitrogens with one attached hydrogen (secondary N) is 2. The van der Waals surface area contributed by atoms with Gasteiger partial charge in [-0.1, -0.05) is 42.8 Å². The summed E-state index contributed by atoms with van der Waals surface area (Å²) in [7, 11) is 3.15. The Morgan fingerprint density at radius 2 is 1.95 bits per heavy atom. The molecule has 1 aromatic heterocycles. The van der Waals surface area contributed by atoms with Crippen LogP contribution in [-0.4, -0.2) is 40.1 Å². The standard InChI is InChI=1S/C29H32ClFN4O4/c1-5-6-19(9-14-26-34-25(17-35(26)3)33-18(2)36)22-12-13-24(39-4)27(28(22)31)29(38)32-16-15-23(37)20-7-10-21(30)11-8-20/h6-14,17,23,37H,5,15-16H2,1-4H3,(H,32,38)(H,33,36)/b14-9-,19-6-. The van der Waals surface area contributed by atoms with Gasteiger partial charge in [-0.25, -0.2) is 9.37 Å². The molecule has 39 heavy (non-hydrogen) atoms. The molecule has 1 unspecified atom stereocenters. The number of amides is 2. The quantitative estimate of drug-likeness (QED) is 0.270. The number of benzene rings is 2. The highest BCUT2D eigenvalue weighted by molar-refractivity contribution is 6.30. The van der Waals surface area contributed by atoms with Crippen LogP contribution in [0.25, 0.3) is 11.6 Å². The van der Waals surface area contributed by atoms with Gasteiger partial charge < -0.3 is 25.0 Å². The highest BCUT2D eigenvalue weighted by Crippen LogP contribution is 2.30. The first-order chi connectivity index (χ1) is 18.6. The number of aromatic nitrogens is 2. The normalized spacial score (nSPS) is 12.4. The van der Waals surface area contributed by atoms with Gasteiger partial charge in [-0.3, -0.25) is 9.59 Å². The number of rotatable bonds is 11. The predicted octanol–water partition coefficient (Wildman–Crippen LogP) is 5.54. The minimum atomic E-state index is -0.817. The van der Waals surface area contributed by atoms with Gasteiger partial charge in [0.05, 0.1) is 13.2 Å². The molecular formula is C29H32ClFN4O4. The van der Waals surface area contributed by atoms with Crippen LogP contribution >= 0.6 is 11.6 Å². The summed E-state index contributed by atoms with van der Waals surface area (Å²) in [4.78, 5) is 28.7. The number of carbonyl (C=O) groups is 2. The molecule has 3 N–H and O–H groups in total. The van der Waals surface area contributed by atoms with Crippen molar-refractivity contribution in [3.8, 4) is 5.75 Å². The molecule has 0 aliphatic carbocycles. The summed E-state index contributed by atoms with van der Waals surface area (Å²) in [5.74, 6) is -0.573. The first kappa shape index (κ1) is 29.6. The van der Waals surface area contributed by atoms with Gasteiger partial charge in [-0.05, 0) is 54.3 Å². The third kappa shape index (κ3) is 7.78. The lowest BCUT2D eigenvalue weighted by atomic mass is 9.99. The number of methoxy groups -OCH3 is 1. The molecule has 2 aromatic carbocycles. The van der Waals surface area contributed by atoms with Crippen molar-refractivity contribution in [1.82, 2.24) is 14.9 Å². The number of allylic oxidation sites excluding steroid dienone is 3. The first-order valence-electron chi connectivity index (χ1n) is 12.4. The minimum Gasteiger partial charge on any atom is -0.496 e. The van der Waals surface area contributed by atoms with Gasteiger partial charge in [-0.15, -0.1) is 0 Å². The van der Waals surface area contributed by atoms with E-state index in [2.05, 4.69) is 15.6 Å². The summed E-state index contributed by atoms with van der Waals surface area (Å²) in [6.07, 6.45) is 6.94. The molecule has 8 nitrogen and oxygen atoms in total. The van der Waals surface area contributed by atoms with Crippen LogP contribution in [-0.2, 0) is 11.8 Å². The fourth-order valence-corrected chi connectivity index (χ4v) is 4.08. The molecule has 10 heteroatoms. The first-order valence-corrected chi connectivity index (χ1v) is 12.8. The molecule has 1 atom stereocenters. The molecule has 3 aromatic rings. The number of nitrogens with zero attached hydrogens (tertiary/aromatic N) is 2. The molecule has 0 saturated heterocycles. The Labute approximate surface area is 232 Å². The summed E-state index contributed by atoms with van der Waals surface area (Å²) < 4.78 is 22.9. The number of hydrogen-bond donors (Lipinski definition) is 3. The highest BCUT2D eigenvalue weighted by atomic mass is 35.5. The molecule has 0 fully saturated rings. The Balaban J connectivity index is 1.81.